The van der Waals surface area contributed by atoms with Crippen LogP contribution < -0.4 is 16.1 Å². The van der Waals surface area contributed by atoms with Gasteiger partial charge in [0, 0.05) is 18.8 Å². The average Bonchev–Trinajstić information content (AvgIpc) is 2.76. The highest BCUT2D eigenvalue weighted by atomic mass is 16.3. The van der Waals surface area contributed by atoms with Gasteiger partial charge in [-0.1, -0.05) is 24.6 Å². The highest BCUT2D eigenvalue weighted by molar-refractivity contribution is 6.03. The Hall–Kier alpha value is -3.61. The number of aliphatic imine (C=N–C) groups is 1. The van der Waals surface area contributed by atoms with Crippen LogP contribution in [0.1, 0.15) is 38.3 Å². The van der Waals surface area contributed by atoms with Gasteiger partial charge < -0.3 is 10.0 Å². The predicted octanol–water partition coefficient (Wildman–Crippen LogP) is 3.92. The fraction of sp³-hybridized carbons (Fsp3) is 0.292. The first-order valence-electron chi connectivity index (χ1n) is 10.5. The number of nitrogens with zero attached hydrogens (tertiary/aromatic N) is 3. The summed E-state index contributed by atoms with van der Waals surface area (Å²) in [4.78, 5) is 34.2. The summed E-state index contributed by atoms with van der Waals surface area (Å²) in [6.45, 7) is 9.79. The van der Waals surface area contributed by atoms with Crippen molar-refractivity contribution >= 4 is 17.1 Å². The van der Waals surface area contributed by atoms with Crippen LogP contribution >= 0.6 is 0 Å². The third-order valence-electron chi connectivity index (χ3n) is 5.24. The fourth-order valence-electron chi connectivity index (χ4n) is 3.51. The maximum absolute atomic E-state index is 12.6. The van der Waals surface area contributed by atoms with E-state index in [0.717, 1.165) is 28.9 Å². The van der Waals surface area contributed by atoms with Crippen molar-refractivity contribution in [2.24, 2.45) is 4.99 Å². The topological polar surface area (TPSA) is 90.7 Å². The van der Waals surface area contributed by atoms with Crippen molar-refractivity contribution < 1.29 is 5.11 Å². The number of anilines is 1. The summed E-state index contributed by atoms with van der Waals surface area (Å²) < 4.78 is 1.09. The molecule has 1 aromatic heterocycles. The largest absolute Gasteiger partial charge is 0.493 e. The number of benzene rings is 2. The van der Waals surface area contributed by atoms with Crippen molar-refractivity contribution in [3.63, 3.8) is 0 Å². The molecular formula is C24H28N4O3. The van der Waals surface area contributed by atoms with E-state index in [1.165, 1.54) is 0 Å². The molecule has 7 heteroatoms. The van der Waals surface area contributed by atoms with Gasteiger partial charge in [0.05, 0.1) is 17.1 Å². The molecule has 1 heterocycles. The number of hydrogen-bond donors (Lipinski definition) is 2. The lowest BCUT2D eigenvalue weighted by Gasteiger charge is -2.20. The van der Waals surface area contributed by atoms with Gasteiger partial charge in [0.15, 0.2) is 0 Å². The first kappa shape index (κ1) is 22.1. The first-order chi connectivity index (χ1) is 14.9. The van der Waals surface area contributed by atoms with Gasteiger partial charge in [-0.25, -0.2) is 9.36 Å². The van der Waals surface area contributed by atoms with Crippen LogP contribution in [0.4, 0.5) is 11.4 Å². The molecule has 0 bridgehead atoms. The van der Waals surface area contributed by atoms with Crippen LogP contribution in [0.3, 0.4) is 0 Å². The molecule has 31 heavy (non-hydrogen) atoms. The van der Waals surface area contributed by atoms with Crippen molar-refractivity contribution in [3.05, 3.63) is 80.5 Å². The lowest BCUT2D eigenvalue weighted by Crippen LogP contribution is -2.33. The Balaban J connectivity index is 2.09. The second-order valence-corrected chi connectivity index (χ2v) is 7.23. The van der Waals surface area contributed by atoms with Crippen LogP contribution in [0.15, 0.2) is 63.1 Å². The molecule has 0 spiro atoms. The fourth-order valence-corrected chi connectivity index (χ4v) is 3.51. The lowest BCUT2D eigenvalue weighted by molar-refractivity contribution is 0.429. The molecule has 2 N–H and O–H groups in total. The van der Waals surface area contributed by atoms with Gasteiger partial charge in [0.25, 0.3) is 5.56 Å². The molecule has 0 unspecified atom stereocenters. The summed E-state index contributed by atoms with van der Waals surface area (Å²) in [5.74, 6) is -0.419. The van der Waals surface area contributed by atoms with E-state index in [9.17, 15) is 14.7 Å². The van der Waals surface area contributed by atoms with E-state index in [1.807, 2.05) is 50.2 Å². The van der Waals surface area contributed by atoms with Crippen LogP contribution in [0.2, 0.25) is 0 Å². The van der Waals surface area contributed by atoms with Gasteiger partial charge >= 0.3 is 5.69 Å². The quantitative estimate of drug-likeness (QED) is 0.567. The summed E-state index contributed by atoms with van der Waals surface area (Å²) in [6, 6.07) is 14.8. The molecule has 0 radical (unpaired) electrons. The maximum atomic E-state index is 12.6. The normalized spacial score (nSPS) is 11.5. The van der Waals surface area contributed by atoms with Crippen molar-refractivity contribution in [1.82, 2.24) is 9.55 Å². The SMILES string of the molecule is CCC(=Nc1ccc(N(CC)CC)cc1)c1c(O)n(-c2ccc(C)cc2)c(=O)[nH]c1=O. The third-order valence-corrected chi connectivity index (χ3v) is 5.24. The molecule has 0 saturated carbocycles. The second-order valence-electron chi connectivity index (χ2n) is 7.23. The van der Waals surface area contributed by atoms with E-state index < -0.39 is 17.1 Å². The molecule has 0 aliphatic rings. The predicted molar refractivity (Wildman–Crippen MR) is 126 cm³/mol. The van der Waals surface area contributed by atoms with E-state index in [1.54, 1.807) is 12.1 Å². The maximum Gasteiger partial charge on any atom is 0.335 e. The van der Waals surface area contributed by atoms with E-state index in [-0.39, 0.29) is 5.56 Å². The van der Waals surface area contributed by atoms with Crippen LogP contribution in [0, 0.1) is 6.92 Å². The molecule has 0 atom stereocenters. The molecule has 0 amide bonds. The van der Waals surface area contributed by atoms with E-state index in [2.05, 4.69) is 28.7 Å². The van der Waals surface area contributed by atoms with Crippen LogP contribution in [0.25, 0.3) is 5.69 Å². The molecule has 0 aliphatic heterocycles. The molecule has 0 saturated heterocycles. The van der Waals surface area contributed by atoms with Crippen molar-refractivity contribution in [2.45, 2.75) is 34.1 Å². The Morgan fingerprint density at radius 1 is 1.00 bits per heavy atom. The Morgan fingerprint density at radius 3 is 2.16 bits per heavy atom. The Morgan fingerprint density at radius 2 is 1.61 bits per heavy atom. The number of aromatic hydroxyl groups is 1. The average molecular weight is 421 g/mol. The molecule has 7 nitrogen and oxygen atoms in total. The van der Waals surface area contributed by atoms with Gasteiger partial charge in [0.2, 0.25) is 5.88 Å². The van der Waals surface area contributed by atoms with E-state index >= 15 is 0 Å². The zero-order valence-corrected chi connectivity index (χ0v) is 18.3. The standard InChI is InChI=1S/C24H28N4O3/c1-5-20(25-17-10-14-18(15-11-17)27(6-2)7-3)21-22(29)26-24(31)28(23(21)30)19-12-8-16(4)9-13-19/h8-15,30H,5-7H2,1-4H3,(H,26,29,31). The summed E-state index contributed by atoms with van der Waals surface area (Å²) in [6.07, 6.45) is 0.403. The number of aromatic nitrogens is 2. The zero-order valence-electron chi connectivity index (χ0n) is 18.3. The number of aryl methyl sites for hydroxylation is 1. The van der Waals surface area contributed by atoms with Crippen LogP contribution in [0.5, 0.6) is 5.88 Å². The molecule has 0 aliphatic carbocycles. The van der Waals surface area contributed by atoms with Crippen molar-refractivity contribution in [1.29, 1.82) is 0 Å². The molecule has 3 aromatic rings. The summed E-state index contributed by atoms with van der Waals surface area (Å²) >= 11 is 0. The number of rotatable bonds is 7. The first-order valence-corrected chi connectivity index (χ1v) is 10.5. The second kappa shape index (κ2) is 9.47. The number of aromatic amines is 1. The zero-order chi connectivity index (χ0) is 22.5. The highest BCUT2D eigenvalue weighted by Crippen LogP contribution is 2.23. The Kier molecular flexibility index (Phi) is 6.74. The smallest absolute Gasteiger partial charge is 0.335 e. The summed E-state index contributed by atoms with van der Waals surface area (Å²) in [7, 11) is 0. The van der Waals surface area contributed by atoms with Gasteiger partial charge in [-0.3, -0.25) is 14.8 Å². The van der Waals surface area contributed by atoms with Gasteiger partial charge in [0.1, 0.15) is 5.56 Å². The van der Waals surface area contributed by atoms with Gasteiger partial charge in [-0.2, -0.15) is 0 Å². The number of hydrogen-bond acceptors (Lipinski definition) is 5. The van der Waals surface area contributed by atoms with Crippen LogP contribution in [-0.4, -0.2) is 33.5 Å². The summed E-state index contributed by atoms with van der Waals surface area (Å²) in [5, 5.41) is 10.9. The molecule has 0 fully saturated rings. The van der Waals surface area contributed by atoms with Crippen molar-refractivity contribution in [3.8, 4) is 11.6 Å². The minimum absolute atomic E-state index is 0.00417. The van der Waals surface area contributed by atoms with Gasteiger partial charge in [-0.05, 0) is 63.6 Å². The molecular weight excluding hydrogens is 392 g/mol. The molecule has 2 aromatic carbocycles. The Labute approximate surface area is 181 Å². The minimum Gasteiger partial charge on any atom is -0.493 e. The highest BCUT2D eigenvalue weighted by Gasteiger charge is 2.19. The molecule has 162 valence electrons. The van der Waals surface area contributed by atoms with Crippen LogP contribution in [-0.2, 0) is 0 Å². The minimum atomic E-state index is -0.700. The third kappa shape index (κ3) is 4.60. The van der Waals surface area contributed by atoms with E-state index in [4.69, 9.17) is 0 Å². The molecule has 3 rings (SSSR count). The van der Waals surface area contributed by atoms with Crippen molar-refractivity contribution in [2.75, 3.05) is 18.0 Å². The lowest BCUT2D eigenvalue weighted by atomic mass is 10.1. The Bertz CT molecular complexity index is 1190. The van der Waals surface area contributed by atoms with E-state index in [0.29, 0.717) is 23.5 Å². The van der Waals surface area contributed by atoms with Gasteiger partial charge in [-0.15, -0.1) is 0 Å². The monoisotopic (exact) mass is 420 g/mol. The number of nitrogens with one attached hydrogen (secondary N) is 1. The number of H-pyrrole nitrogens is 1. The summed E-state index contributed by atoms with van der Waals surface area (Å²) in [5.41, 5.74) is 2.27.